The highest BCUT2D eigenvalue weighted by Crippen LogP contribution is 2.43. The predicted octanol–water partition coefficient (Wildman–Crippen LogP) is 13.1. The molecule has 2 rings (SSSR count). The summed E-state index contributed by atoms with van der Waals surface area (Å²) in [5.41, 5.74) is 7.38. The molecule has 40 heavy (non-hydrogen) atoms. The van der Waals surface area contributed by atoms with Crippen molar-refractivity contribution in [3.05, 3.63) is 70.9 Å². The molecular formula is C40H66. The van der Waals surface area contributed by atoms with Crippen molar-refractivity contribution in [3.8, 4) is 0 Å². The molecule has 2 aliphatic carbocycles. The Morgan fingerprint density at radius 3 is 1.98 bits per heavy atom. The molecule has 226 valence electrons. The van der Waals surface area contributed by atoms with Crippen LogP contribution in [-0.4, -0.2) is 0 Å². The van der Waals surface area contributed by atoms with Crippen LogP contribution in [0.4, 0.5) is 0 Å². The van der Waals surface area contributed by atoms with Crippen LogP contribution in [0.25, 0.3) is 0 Å². The van der Waals surface area contributed by atoms with Gasteiger partial charge in [-0.25, -0.2) is 0 Å². The summed E-state index contributed by atoms with van der Waals surface area (Å²) in [5, 5.41) is 0. The van der Waals surface area contributed by atoms with E-state index in [9.17, 15) is 0 Å². The molecule has 0 nitrogen and oxygen atoms in total. The van der Waals surface area contributed by atoms with Gasteiger partial charge in [-0.3, -0.25) is 0 Å². The lowest BCUT2D eigenvalue weighted by Crippen LogP contribution is -2.20. The quantitative estimate of drug-likeness (QED) is 0.141. The summed E-state index contributed by atoms with van der Waals surface area (Å²) in [7, 11) is 0. The lowest BCUT2D eigenvalue weighted by Gasteiger charge is -2.35. The number of hydrogen-bond acceptors (Lipinski definition) is 0. The minimum atomic E-state index is 0.328. The molecule has 4 atom stereocenters. The molecule has 0 saturated carbocycles. The van der Waals surface area contributed by atoms with E-state index in [4.69, 9.17) is 0 Å². The lowest BCUT2D eigenvalue weighted by molar-refractivity contribution is 0.340. The zero-order chi connectivity index (χ0) is 29.8. The van der Waals surface area contributed by atoms with Crippen molar-refractivity contribution in [1.82, 2.24) is 0 Å². The van der Waals surface area contributed by atoms with E-state index in [1.807, 2.05) is 0 Å². The van der Waals surface area contributed by atoms with Gasteiger partial charge in [-0.2, -0.15) is 0 Å². The SMILES string of the molecule is CC1=C(/C=C/C(C)/C=C/CC(C)/C=C/C=C/C(C)CCCC(C)CCC2=C(C)CCCC2(C)C)C(C)(C)CCC1. The van der Waals surface area contributed by atoms with Crippen LogP contribution in [0.1, 0.15) is 146 Å². The van der Waals surface area contributed by atoms with E-state index in [0.29, 0.717) is 28.6 Å². The first-order valence-electron chi connectivity index (χ1n) is 16.9. The zero-order valence-corrected chi connectivity index (χ0v) is 28.4. The molecule has 0 saturated heterocycles. The fraction of sp³-hybridized carbons (Fsp3) is 0.700. The van der Waals surface area contributed by atoms with Gasteiger partial charge >= 0.3 is 0 Å². The van der Waals surface area contributed by atoms with Crippen LogP contribution in [0.2, 0.25) is 0 Å². The van der Waals surface area contributed by atoms with Gasteiger partial charge < -0.3 is 0 Å². The van der Waals surface area contributed by atoms with E-state index in [-0.39, 0.29) is 0 Å². The second kappa shape index (κ2) is 16.8. The third-order valence-electron chi connectivity index (χ3n) is 9.98. The van der Waals surface area contributed by atoms with Gasteiger partial charge in [0, 0.05) is 0 Å². The molecule has 4 unspecified atom stereocenters. The average Bonchev–Trinajstić information content (AvgIpc) is 2.85. The summed E-state index contributed by atoms with van der Waals surface area (Å²) >= 11 is 0. The van der Waals surface area contributed by atoms with Gasteiger partial charge in [0.1, 0.15) is 0 Å². The standard InChI is InChI=1S/C40H66/c1-31(19-13-21-33(3)25-27-37-35(5)23-15-29-39(37,7)8)17-11-12-18-32(2)20-14-22-34(4)26-28-38-36(6)24-16-30-40(38,9)10/h11-13,17-18,21,25,27,31-34H,14-16,19-20,22-24,26,28-30H2,1-10H3/b17-11+,18-12+,21-13+,27-25+. The Hall–Kier alpha value is -1.56. The first-order valence-corrected chi connectivity index (χ1v) is 16.9. The fourth-order valence-electron chi connectivity index (χ4n) is 7.06. The molecule has 0 aliphatic heterocycles. The Kier molecular flexibility index (Phi) is 14.5. The highest BCUT2D eigenvalue weighted by molar-refractivity contribution is 5.33. The number of rotatable bonds is 15. The highest BCUT2D eigenvalue weighted by Gasteiger charge is 2.28. The zero-order valence-electron chi connectivity index (χ0n) is 28.4. The fourth-order valence-corrected chi connectivity index (χ4v) is 7.06. The van der Waals surface area contributed by atoms with Crippen LogP contribution in [0.5, 0.6) is 0 Å². The van der Waals surface area contributed by atoms with Crippen molar-refractivity contribution in [2.75, 3.05) is 0 Å². The largest absolute Gasteiger partial charge is 0.0874 e. The van der Waals surface area contributed by atoms with Gasteiger partial charge in [0.05, 0.1) is 0 Å². The molecule has 0 amide bonds. The van der Waals surface area contributed by atoms with Crippen LogP contribution in [0, 0.1) is 34.5 Å². The smallest absolute Gasteiger partial charge is 0.00787 e. The predicted molar refractivity (Wildman–Crippen MR) is 182 cm³/mol. The van der Waals surface area contributed by atoms with Crippen molar-refractivity contribution in [1.29, 1.82) is 0 Å². The molecule has 2 aliphatic rings. The Labute approximate surface area is 251 Å². The van der Waals surface area contributed by atoms with Crippen molar-refractivity contribution in [2.45, 2.75) is 146 Å². The normalized spacial score (nSPS) is 23.1. The maximum atomic E-state index is 2.47. The van der Waals surface area contributed by atoms with E-state index in [1.165, 1.54) is 70.6 Å². The van der Waals surface area contributed by atoms with Gasteiger partial charge in [0.15, 0.2) is 0 Å². The second-order valence-corrected chi connectivity index (χ2v) is 15.1. The summed E-state index contributed by atoms with van der Waals surface area (Å²) in [6, 6.07) is 0. The molecular weight excluding hydrogens is 480 g/mol. The summed E-state index contributed by atoms with van der Waals surface area (Å²) < 4.78 is 0. The van der Waals surface area contributed by atoms with E-state index in [1.54, 1.807) is 22.3 Å². The third kappa shape index (κ3) is 12.1. The minimum absolute atomic E-state index is 0.328. The first kappa shape index (κ1) is 34.6. The Bertz CT molecular complexity index is 941. The van der Waals surface area contributed by atoms with E-state index >= 15 is 0 Å². The Balaban J connectivity index is 1.64. The second-order valence-electron chi connectivity index (χ2n) is 15.1. The van der Waals surface area contributed by atoms with Crippen LogP contribution < -0.4 is 0 Å². The van der Waals surface area contributed by atoms with E-state index < -0.39 is 0 Å². The van der Waals surface area contributed by atoms with Crippen molar-refractivity contribution in [3.63, 3.8) is 0 Å². The monoisotopic (exact) mass is 547 g/mol. The lowest BCUT2D eigenvalue weighted by atomic mass is 9.70. The summed E-state index contributed by atoms with van der Waals surface area (Å²) in [5.74, 6) is 2.55. The molecule has 0 aromatic rings. The summed E-state index contributed by atoms with van der Waals surface area (Å²) in [6.07, 6.45) is 34.7. The number of allylic oxidation sites excluding steroid dienone is 12. The van der Waals surface area contributed by atoms with Gasteiger partial charge in [-0.1, -0.05) is 134 Å². The maximum absolute atomic E-state index is 2.47. The van der Waals surface area contributed by atoms with Gasteiger partial charge in [-0.05, 0) is 118 Å². The molecule has 0 radical (unpaired) electrons. The van der Waals surface area contributed by atoms with Crippen LogP contribution in [0.3, 0.4) is 0 Å². The van der Waals surface area contributed by atoms with Crippen molar-refractivity contribution >= 4 is 0 Å². The summed E-state index contributed by atoms with van der Waals surface area (Å²) in [6.45, 7) is 23.9. The molecule has 0 heteroatoms. The van der Waals surface area contributed by atoms with Gasteiger partial charge in [0.2, 0.25) is 0 Å². The molecule has 0 bridgehead atoms. The molecule has 0 N–H and O–H groups in total. The Morgan fingerprint density at radius 2 is 1.32 bits per heavy atom. The highest BCUT2D eigenvalue weighted by atomic mass is 14.3. The topological polar surface area (TPSA) is 0 Å². The maximum Gasteiger partial charge on any atom is -0.00787 e. The summed E-state index contributed by atoms with van der Waals surface area (Å²) in [4.78, 5) is 0. The molecule has 0 fully saturated rings. The third-order valence-corrected chi connectivity index (χ3v) is 9.98. The van der Waals surface area contributed by atoms with Gasteiger partial charge in [-0.15, -0.1) is 0 Å². The average molecular weight is 547 g/mol. The molecule has 0 heterocycles. The van der Waals surface area contributed by atoms with E-state index in [2.05, 4.69) is 118 Å². The van der Waals surface area contributed by atoms with Crippen LogP contribution >= 0.6 is 0 Å². The van der Waals surface area contributed by atoms with E-state index in [0.717, 1.165) is 12.3 Å². The van der Waals surface area contributed by atoms with Crippen LogP contribution in [-0.2, 0) is 0 Å². The van der Waals surface area contributed by atoms with Gasteiger partial charge in [0.25, 0.3) is 0 Å². The minimum Gasteiger partial charge on any atom is -0.0874 e. The molecule has 0 aromatic carbocycles. The molecule has 0 spiro atoms. The Morgan fingerprint density at radius 1 is 0.700 bits per heavy atom. The molecule has 0 aromatic heterocycles. The van der Waals surface area contributed by atoms with Crippen LogP contribution in [0.15, 0.2) is 70.9 Å². The van der Waals surface area contributed by atoms with Crippen molar-refractivity contribution < 1.29 is 0 Å². The van der Waals surface area contributed by atoms with Crippen molar-refractivity contribution in [2.24, 2.45) is 34.5 Å². The first-order chi connectivity index (χ1) is 18.8. The number of hydrogen-bond donors (Lipinski definition) is 0.